The molecule has 1 atom stereocenters. The minimum absolute atomic E-state index is 0. The summed E-state index contributed by atoms with van der Waals surface area (Å²) in [6.45, 7) is 2.79. The number of halogens is 3. The summed E-state index contributed by atoms with van der Waals surface area (Å²) < 4.78 is 25.8. The van der Waals surface area contributed by atoms with E-state index in [1.165, 1.54) is 30.7 Å². The molecule has 7 heteroatoms. The van der Waals surface area contributed by atoms with Crippen molar-refractivity contribution in [2.75, 3.05) is 25.4 Å². The fourth-order valence-corrected chi connectivity index (χ4v) is 3.10. The summed E-state index contributed by atoms with van der Waals surface area (Å²) >= 11 is 1.21. The van der Waals surface area contributed by atoms with Crippen molar-refractivity contribution < 1.29 is 13.6 Å². The third-order valence-corrected chi connectivity index (χ3v) is 4.53. The summed E-state index contributed by atoms with van der Waals surface area (Å²) in [5.74, 6) is -0.977. The molecule has 3 nitrogen and oxygen atoms in total. The molecule has 2 rings (SSSR count). The Hall–Kier alpha value is -0.850. The number of piperidine rings is 1. The summed E-state index contributed by atoms with van der Waals surface area (Å²) in [5.41, 5.74) is 0. The maximum Gasteiger partial charge on any atom is 0.230 e. The lowest BCUT2D eigenvalue weighted by atomic mass is 9.96. The highest BCUT2D eigenvalue weighted by Gasteiger charge is 2.13. The van der Waals surface area contributed by atoms with Gasteiger partial charge in [-0.2, -0.15) is 0 Å². The van der Waals surface area contributed by atoms with Gasteiger partial charge in [-0.25, -0.2) is 8.78 Å². The minimum Gasteiger partial charge on any atom is -0.355 e. The van der Waals surface area contributed by atoms with Gasteiger partial charge >= 0.3 is 0 Å². The van der Waals surface area contributed by atoms with Crippen LogP contribution in [0.3, 0.4) is 0 Å². The third kappa shape index (κ3) is 6.50. The normalized spacial score (nSPS) is 17.6. The number of carbonyl (C=O) groups is 1. The first-order chi connectivity index (χ1) is 10.1. The molecular formula is C15H21ClF2N2OS. The van der Waals surface area contributed by atoms with Crippen LogP contribution in [0.15, 0.2) is 23.1 Å². The second-order valence-corrected chi connectivity index (χ2v) is 6.26. The molecule has 2 N–H and O–H groups in total. The monoisotopic (exact) mass is 350 g/mol. The van der Waals surface area contributed by atoms with E-state index in [0.29, 0.717) is 17.4 Å². The van der Waals surface area contributed by atoms with E-state index in [4.69, 9.17) is 0 Å². The van der Waals surface area contributed by atoms with Gasteiger partial charge in [0.15, 0.2) is 11.6 Å². The Morgan fingerprint density at radius 2 is 2.18 bits per heavy atom. The first kappa shape index (κ1) is 19.2. The van der Waals surface area contributed by atoms with Gasteiger partial charge in [0.1, 0.15) is 0 Å². The van der Waals surface area contributed by atoms with Crippen LogP contribution in [0, 0.1) is 17.6 Å². The molecule has 0 radical (unpaired) electrons. The van der Waals surface area contributed by atoms with Gasteiger partial charge in [-0.05, 0) is 56.5 Å². The highest BCUT2D eigenvalue weighted by atomic mass is 35.5. The number of thioether (sulfide) groups is 1. The van der Waals surface area contributed by atoms with Crippen LogP contribution in [-0.4, -0.2) is 31.3 Å². The molecule has 0 saturated carbocycles. The Bertz CT molecular complexity index is 485. The number of hydrogen-bond acceptors (Lipinski definition) is 3. The van der Waals surface area contributed by atoms with Crippen LogP contribution in [0.2, 0.25) is 0 Å². The molecule has 0 aromatic heterocycles. The number of benzene rings is 1. The van der Waals surface area contributed by atoms with Crippen molar-refractivity contribution in [3.05, 3.63) is 29.8 Å². The molecule has 1 amide bonds. The van der Waals surface area contributed by atoms with Gasteiger partial charge in [-0.15, -0.1) is 24.2 Å². The lowest BCUT2D eigenvalue weighted by Crippen LogP contribution is -2.33. The smallest absolute Gasteiger partial charge is 0.230 e. The van der Waals surface area contributed by atoms with Crippen LogP contribution in [0.4, 0.5) is 8.78 Å². The SMILES string of the molecule is Cl.O=C(CSc1ccc(F)c(F)c1)NCCC1CCCNC1. The van der Waals surface area contributed by atoms with Gasteiger partial charge in [0.2, 0.25) is 5.91 Å². The number of carbonyl (C=O) groups excluding carboxylic acids is 1. The molecule has 0 spiro atoms. The molecule has 0 bridgehead atoms. The Morgan fingerprint density at radius 3 is 2.86 bits per heavy atom. The summed E-state index contributed by atoms with van der Waals surface area (Å²) in [7, 11) is 0. The molecule has 1 fully saturated rings. The van der Waals surface area contributed by atoms with Crippen LogP contribution in [-0.2, 0) is 4.79 Å². The van der Waals surface area contributed by atoms with Gasteiger partial charge in [-0.1, -0.05) is 0 Å². The van der Waals surface area contributed by atoms with E-state index in [-0.39, 0.29) is 24.1 Å². The fourth-order valence-electron chi connectivity index (χ4n) is 2.35. The molecule has 1 aliphatic heterocycles. The van der Waals surface area contributed by atoms with Crippen molar-refractivity contribution in [2.45, 2.75) is 24.2 Å². The Balaban J connectivity index is 0.00000242. The highest BCUT2D eigenvalue weighted by molar-refractivity contribution is 8.00. The van der Waals surface area contributed by atoms with Gasteiger partial charge in [0, 0.05) is 11.4 Å². The molecule has 0 aliphatic carbocycles. The van der Waals surface area contributed by atoms with Crippen LogP contribution >= 0.6 is 24.2 Å². The lowest BCUT2D eigenvalue weighted by molar-refractivity contribution is -0.118. The van der Waals surface area contributed by atoms with Crippen LogP contribution < -0.4 is 10.6 Å². The summed E-state index contributed by atoms with van der Waals surface area (Å²) in [6, 6.07) is 3.66. The second kappa shape index (κ2) is 10.0. The van der Waals surface area contributed by atoms with Crippen molar-refractivity contribution >= 4 is 30.1 Å². The molecule has 1 aromatic rings. The maximum absolute atomic E-state index is 13.0. The van der Waals surface area contributed by atoms with E-state index < -0.39 is 11.6 Å². The Kier molecular flexibility index (Phi) is 8.75. The van der Waals surface area contributed by atoms with E-state index in [0.717, 1.165) is 31.6 Å². The van der Waals surface area contributed by atoms with Crippen LogP contribution in [0.1, 0.15) is 19.3 Å². The lowest BCUT2D eigenvalue weighted by Gasteiger charge is -2.22. The van der Waals surface area contributed by atoms with Crippen molar-refractivity contribution in [1.82, 2.24) is 10.6 Å². The Labute approximate surface area is 140 Å². The average molecular weight is 351 g/mol. The third-order valence-electron chi connectivity index (χ3n) is 3.53. The molecule has 124 valence electrons. The minimum atomic E-state index is -0.884. The topological polar surface area (TPSA) is 41.1 Å². The van der Waals surface area contributed by atoms with Crippen molar-refractivity contribution in [3.63, 3.8) is 0 Å². The number of hydrogen-bond donors (Lipinski definition) is 2. The first-order valence-electron chi connectivity index (χ1n) is 7.20. The number of nitrogens with one attached hydrogen (secondary N) is 2. The zero-order chi connectivity index (χ0) is 15.1. The number of rotatable bonds is 6. The van der Waals surface area contributed by atoms with Crippen LogP contribution in [0.5, 0.6) is 0 Å². The quantitative estimate of drug-likeness (QED) is 0.775. The van der Waals surface area contributed by atoms with Crippen LogP contribution in [0.25, 0.3) is 0 Å². The van der Waals surface area contributed by atoms with Gasteiger partial charge in [-0.3, -0.25) is 4.79 Å². The zero-order valence-corrected chi connectivity index (χ0v) is 13.9. The number of amides is 1. The summed E-state index contributed by atoms with van der Waals surface area (Å²) in [6.07, 6.45) is 3.39. The molecule has 1 heterocycles. The van der Waals surface area contributed by atoms with E-state index in [2.05, 4.69) is 10.6 Å². The molecule has 1 aromatic carbocycles. The second-order valence-electron chi connectivity index (χ2n) is 5.22. The highest BCUT2D eigenvalue weighted by Crippen LogP contribution is 2.20. The molecule has 1 saturated heterocycles. The largest absolute Gasteiger partial charge is 0.355 e. The first-order valence-corrected chi connectivity index (χ1v) is 8.19. The van der Waals surface area contributed by atoms with Crippen molar-refractivity contribution in [1.29, 1.82) is 0 Å². The van der Waals surface area contributed by atoms with E-state index in [1.807, 2.05) is 0 Å². The predicted molar refractivity (Wildman–Crippen MR) is 87.6 cm³/mol. The van der Waals surface area contributed by atoms with E-state index in [9.17, 15) is 13.6 Å². The van der Waals surface area contributed by atoms with Crippen molar-refractivity contribution in [3.8, 4) is 0 Å². The predicted octanol–water partition coefficient (Wildman–Crippen LogP) is 2.98. The molecule has 1 unspecified atom stereocenters. The van der Waals surface area contributed by atoms with E-state index in [1.54, 1.807) is 0 Å². The van der Waals surface area contributed by atoms with Gasteiger partial charge < -0.3 is 10.6 Å². The molecular weight excluding hydrogens is 330 g/mol. The molecule has 1 aliphatic rings. The maximum atomic E-state index is 13.0. The van der Waals surface area contributed by atoms with Gasteiger partial charge in [0.05, 0.1) is 5.75 Å². The average Bonchev–Trinajstić information content (AvgIpc) is 2.49. The summed E-state index contributed by atoms with van der Waals surface area (Å²) in [4.78, 5) is 12.3. The molecule has 22 heavy (non-hydrogen) atoms. The Morgan fingerprint density at radius 1 is 1.36 bits per heavy atom. The van der Waals surface area contributed by atoms with Crippen molar-refractivity contribution in [2.24, 2.45) is 5.92 Å². The fraction of sp³-hybridized carbons (Fsp3) is 0.533. The van der Waals surface area contributed by atoms with Gasteiger partial charge in [0.25, 0.3) is 0 Å². The standard InChI is InChI=1S/C15H20F2N2OS.ClH/c16-13-4-3-12(8-14(13)17)21-10-15(20)19-7-5-11-2-1-6-18-9-11;/h3-4,8,11,18H,1-2,5-7,9-10H2,(H,19,20);1H. The summed E-state index contributed by atoms with van der Waals surface area (Å²) in [5, 5.41) is 6.22. The zero-order valence-electron chi connectivity index (χ0n) is 12.2. The van der Waals surface area contributed by atoms with E-state index >= 15 is 0 Å².